The molecule has 132 valence electrons. The summed E-state index contributed by atoms with van der Waals surface area (Å²) in [6, 6.07) is 0. The van der Waals surface area contributed by atoms with E-state index in [2.05, 4.69) is 0 Å². The smallest absolute Gasteiger partial charge is 0.332 e. The predicted octanol–water partition coefficient (Wildman–Crippen LogP) is 2.09. The van der Waals surface area contributed by atoms with Crippen LogP contribution in [0.25, 0.3) is 0 Å². The van der Waals surface area contributed by atoms with Crippen LogP contribution in [0.2, 0.25) is 0 Å². The van der Waals surface area contributed by atoms with Crippen LogP contribution < -0.4 is 0 Å². The Morgan fingerprint density at radius 1 is 1.35 bits per heavy atom. The largest absolute Gasteiger partial charge is 0.481 e. The number of carboxylic acid groups (broad SMARTS) is 2. The number of rotatable bonds is 5. The fourth-order valence-corrected chi connectivity index (χ4v) is 4.93. The Kier molecular flexibility index (Phi) is 7.91. The first-order valence-electron chi connectivity index (χ1n) is 7.29. The van der Waals surface area contributed by atoms with Crippen molar-refractivity contribution < 1.29 is 34.4 Å². The molecule has 0 saturated heterocycles. The van der Waals surface area contributed by atoms with E-state index in [1.54, 1.807) is 13.8 Å². The second-order valence-electron chi connectivity index (χ2n) is 5.52. The van der Waals surface area contributed by atoms with Gasteiger partial charge in [0, 0.05) is 12.3 Å². The summed E-state index contributed by atoms with van der Waals surface area (Å²) in [5, 5.41) is 26.2. The molecule has 8 heteroatoms. The summed E-state index contributed by atoms with van der Waals surface area (Å²) in [5.74, 6) is -2.69. The van der Waals surface area contributed by atoms with Crippen LogP contribution in [0, 0.1) is 5.41 Å². The van der Waals surface area contributed by atoms with Gasteiger partial charge < -0.3 is 20.2 Å². The summed E-state index contributed by atoms with van der Waals surface area (Å²) in [6.07, 6.45) is 4.14. The molecule has 0 amide bonds. The van der Waals surface area contributed by atoms with Crippen LogP contribution >= 0.6 is 7.37 Å². The molecule has 23 heavy (non-hydrogen) atoms. The fraction of sp³-hybridized carbons (Fsp3) is 0.600. The lowest BCUT2D eigenvalue weighted by Crippen LogP contribution is -2.43. The third-order valence-corrected chi connectivity index (χ3v) is 7.06. The molecule has 0 aromatic heterocycles. The van der Waals surface area contributed by atoms with Crippen LogP contribution in [0.15, 0.2) is 23.8 Å². The van der Waals surface area contributed by atoms with Gasteiger partial charge in [-0.15, -0.1) is 0 Å². The van der Waals surface area contributed by atoms with Crippen LogP contribution in [0.5, 0.6) is 0 Å². The molecule has 7 nitrogen and oxygen atoms in total. The molecule has 4 N–H and O–H groups in total. The van der Waals surface area contributed by atoms with Crippen molar-refractivity contribution in [1.82, 2.24) is 0 Å². The van der Waals surface area contributed by atoms with Gasteiger partial charge in [0.05, 0.1) is 16.6 Å². The third kappa shape index (κ3) is 4.53. The zero-order valence-electron chi connectivity index (χ0n) is 13.8. The molecule has 1 aliphatic rings. The Balaban J connectivity index is 0.00000149. The minimum Gasteiger partial charge on any atom is -0.481 e. The second-order valence-corrected chi connectivity index (χ2v) is 8.27. The van der Waals surface area contributed by atoms with E-state index in [1.165, 1.54) is 32.1 Å². The van der Waals surface area contributed by atoms with E-state index in [0.717, 1.165) is 0 Å². The van der Waals surface area contributed by atoms with E-state index in [4.69, 9.17) is 5.11 Å². The quantitative estimate of drug-likeness (QED) is 0.559. The molecule has 4 unspecified atom stereocenters. The maximum Gasteiger partial charge on any atom is 0.332 e. The van der Waals surface area contributed by atoms with Gasteiger partial charge in [-0.2, -0.15) is 0 Å². The number of hydrogen-bond acceptors (Lipinski definition) is 4. The average Bonchev–Trinajstić information content (AvgIpc) is 2.46. The van der Waals surface area contributed by atoms with Crippen LogP contribution in [0.4, 0.5) is 0 Å². The van der Waals surface area contributed by atoms with Gasteiger partial charge in [0.2, 0.25) is 7.37 Å². The van der Waals surface area contributed by atoms with Gasteiger partial charge in [-0.05, 0) is 20.3 Å². The summed E-state index contributed by atoms with van der Waals surface area (Å²) in [7, 11) is -4.03. The Morgan fingerprint density at radius 3 is 2.17 bits per heavy atom. The normalized spacial score (nSPS) is 27.0. The maximum atomic E-state index is 12.7. The molecule has 0 spiro atoms. The highest BCUT2D eigenvalue weighted by molar-refractivity contribution is 7.60. The monoisotopic (exact) mass is 348 g/mol. The number of aliphatic carboxylic acids is 2. The zero-order chi connectivity index (χ0) is 18.4. The Labute approximate surface area is 135 Å². The van der Waals surface area contributed by atoms with Crippen molar-refractivity contribution in [2.75, 3.05) is 6.61 Å². The molecular formula is C15H25O7P. The summed E-state index contributed by atoms with van der Waals surface area (Å²) < 4.78 is 12.7. The molecule has 0 saturated carbocycles. The summed E-state index contributed by atoms with van der Waals surface area (Å²) in [4.78, 5) is 33.2. The molecule has 0 radical (unpaired) electrons. The number of carboxylic acids is 2. The van der Waals surface area contributed by atoms with Crippen molar-refractivity contribution in [3.63, 3.8) is 0 Å². The highest BCUT2D eigenvalue weighted by atomic mass is 31.2. The van der Waals surface area contributed by atoms with Gasteiger partial charge in [-0.25, -0.2) is 4.79 Å². The lowest BCUT2D eigenvalue weighted by Gasteiger charge is -2.38. The molecule has 1 aliphatic carbocycles. The van der Waals surface area contributed by atoms with E-state index in [9.17, 15) is 29.3 Å². The fourth-order valence-electron chi connectivity index (χ4n) is 2.33. The van der Waals surface area contributed by atoms with Crippen molar-refractivity contribution in [3.8, 4) is 0 Å². The van der Waals surface area contributed by atoms with E-state index < -0.39 is 36.0 Å². The Hall–Kier alpha value is -1.43. The summed E-state index contributed by atoms with van der Waals surface area (Å²) >= 11 is 0. The van der Waals surface area contributed by atoms with Crippen molar-refractivity contribution in [1.29, 1.82) is 0 Å². The maximum absolute atomic E-state index is 12.7. The first-order chi connectivity index (χ1) is 10.5. The minimum absolute atomic E-state index is 0.250. The van der Waals surface area contributed by atoms with E-state index in [1.807, 2.05) is 0 Å². The van der Waals surface area contributed by atoms with E-state index in [-0.39, 0.29) is 12.2 Å². The average molecular weight is 348 g/mol. The van der Waals surface area contributed by atoms with Crippen molar-refractivity contribution in [2.45, 2.75) is 45.4 Å². The van der Waals surface area contributed by atoms with Gasteiger partial charge in [-0.3, -0.25) is 9.36 Å². The van der Waals surface area contributed by atoms with Gasteiger partial charge in [-0.1, -0.05) is 32.1 Å². The molecule has 4 atom stereocenters. The third-order valence-electron chi connectivity index (χ3n) is 3.88. The number of hydrogen-bond donors (Lipinski definition) is 4. The van der Waals surface area contributed by atoms with Crippen molar-refractivity contribution in [2.24, 2.45) is 5.41 Å². The molecule has 0 aliphatic heterocycles. The Bertz CT molecular complexity index is 552. The lowest BCUT2D eigenvalue weighted by atomic mass is 9.79. The molecule has 0 bridgehead atoms. The molecular weight excluding hydrogens is 323 g/mol. The molecule has 1 rings (SSSR count). The SMILES string of the molecule is CCC(C)P(=O)(O)C1C(C(=O)O)=CC=CC1(C)C(=O)O.CCO. The lowest BCUT2D eigenvalue weighted by molar-refractivity contribution is -0.145. The highest BCUT2D eigenvalue weighted by Crippen LogP contribution is 2.61. The van der Waals surface area contributed by atoms with Crippen LogP contribution in [-0.4, -0.2) is 50.1 Å². The van der Waals surface area contributed by atoms with Crippen molar-refractivity contribution >= 4 is 19.3 Å². The topological polar surface area (TPSA) is 132 Å². The molecule has 0 aromatic rings. The van der Waals surface area contributed by atoms with Crippen LogP contribution in [-0.2, 0) is 14.2 Å². The van der Waals surface area contributed by atoms with Gasteiger partial charge >= 0.3 is 11.9 Å². The molecule has 0 aromatic carbocycles. The van der Waals surface area contributed by atoms with Crippen LogP contribution in [0.3, 0.4) is 0 Å². The van der Waals surface area contributed by atoms with Crippen molar-refractivity contribution in [3.05, 3.63) is 23.8 Å². The second kappa shape index (κ2) is 8.43. The molecule has 0 heterocycles. The summed E-state index contributed by atoms with van der Waals surface area (Å²) in [6.45, 7) is 6.44. The van der Waals surface area contributed by atoms with E-state index >= 15 is 0 Å². The van der Waals surface area contributed by atoms with Gasteiger partial charge in [0.25, 0.3) is 0 Å². The van der Waals surface area contributed by atoms with Gasteiger partial charge in [0.15, 0.2) is 0 Å². The zero-order valence-corrected chi connectivity index (χ0v) is 14.7. The van der Waals surface area contributed by atoms with Gasteiger partial charge in [0.1, 0.15) is 0 Å². The number of carbonyl (C=O) groups is 2. The first-order valence-corrected chi connectivity index (χ1v) is 9.09. The Morgan fingerprint density at radius 2 is 1.83 bits per heavy atom. The number of aliphatic hydroxyl groups is 1. The van der Waals surface area contributed by atoms with Crippen LogP contribution in [0.1, 0.15) is 34.1 Å². The predicted molar refractivity (Wildman–Crippen MR) is 86.7 cm³/mol. The molecule has 0 fully saturated rings. The highest BCUT2D eigenvalue weighted by Gasteiger charge is 2.54. The number of aliphatic hydroxyl groups excluding tert-OH is 1. The minimum atomic E-state index is -4.03. The number of allylic oxidation sites excluding steroid dienone is 2. The first kappa shape index (κ1) is 21.6. The standard InChI is InChI=1S/C13H19O6P.C2H6O/c1-4-8(2)20(18,19)10-9(11(14)15)6-5-7-13(10,3)12(16)17;1-2-3/h5-8,10H,4H2,1-3H3,(H,14,15)(H,16,17)(H,18,19);3H,2H2,1H3. The summed E-state index contributed by atoms with van der Waals surface area (Å²) in [5.41, 5.74) is -4.18. The van der Waals surface area contributed by atoms with E-state index in [0.29, 0.717) is 6.42 Å².